The van der Waals surface area contributed by atoms with Crippen LogP contribution in [0.5, 0.6) is 0 Å². The summed E-state index contributed by atoms with van der Waals surface area (Å²) in [6, 6.07) is 4.01. The molecule has 0 aromatic carbocycles. The zero-order valence-corrected chi connectivity index (χ0v) is 13.0. The predicted octanol–water partition coefficient (Wildman–Crippen LogP) is 1.17. The Kier molecular flexibility index (Phi) is 4.03. The summed E-state index contributed by atoms with van der Waals surface area (Å²) in [6.45, 7) is 0.598. The number of rotatable bonds is 5. The number of aromatic nitrogens is 6. The molecule has 11 heteroatoms. The molecule has 0 atom stereocenters. The van der Waals surface area contributed by atoms with Crippen molar-refractivity contribution in [1.29, 1.82) is 0 Å². The van der Waals surface area contributed by atoms with Crippen molar-refractivity contribution in [3.8, 4) is 5.95 Å². The van der Waals surface area contributed by atoms with Crippen molar-refractivity contribution in [1.82, 2.24) is 29.7 Å². The zero-order valence-electron chi connectivity index (χ0n) is 10.6. The van der Waals surface area contributed by atoms with E-state index in [4.69, 9.17) is 5.84 Å². The zero-order chi connectivity index (χ0) is 14.7. The lowest BCUT2D eigenvalue weighted by molar-refractivity contribution is 0.794. The first kappa shape index (κ1) is 13.9. The van der Waals surface area contributed by atoms with Crippen LogP contribution in [0.25, 0.3) is 5.95 Å². The fraction of sp³-hybridized carbons (Fsp3) is 0.100. The number of hydrogen-bond acceptors (Lipinski definition) is 9. The first-order chi connectivity index (χ1) is 10.2. The highest BCUT2D eigenvalue weighted by Crippen LogP contribution is 2.22. The van der Waals surface area contributed by atoms with E-state index in [9.17, 15) is 0 Å². The Hall–Kier alpha value is -2.11. The van der Waals surface area contributed by atoms with E-state index in [1.54, 1.807) is 11.3 Å². The minimum atomic E-state index is 0.241. The SMILES string of the molecule is NNc1nc(NCc2ccc(Br)s2)nc(-n2cncn2)n1. The summed E-state index contributed by atoms with van der Waals surface area (Å²) in [5.41, 5.74) is 2.40. The van der Waals surface area contributed by atoms with Crippen LogP contribution in [0, 0.1) is 0 Å². The molecule has 108 valence electrons. The number of nitrogens with zero attached hydrogens (tertiary/aromatic N) is 6. The number of halogens is 1. The van der Waals surface area contributed by atoms with E-state index in [2.05, 4.69) is 51.7 Å². The van der Waals surface area contributed by atoms with Gasteiger partial charge >= 0.3 is 0 Å². The fourth-order valence-corrected chi connectivity index (χ4v) is 2.96. The highest BCUT2D eigenvalue weighted by Gasteiger charge is 2.08. The molecular weight excluding hydrogens is 358 g/mol. The molecule has 0 aliphatic rings. The molecule has 0 saturated heterocycles. The van der Waals surface area contributed by atoms with E-state index in [1.807, 2.05) is 12.1 Å². The molecule has 0 saturated carbocycles. The van der Waals surface area contributed by atoms with Gasteiger partial charge in [-0.25, -0.2) is 10.8 Å². The highest BCUT2D eigenvalue weighted by molar-refractivity contribution is 9.11. The van der Waals surface area contributed by atoms with E-state index in [0.717, 1.165) is 8.66 Å². The van der Waals surface area contributed by atoms with Crippen molar-refractivity contribution in [2.45, 2.75) is 6.54 Å². The molecule has 9 nitrogen and oxygen atoms in total. The molecule has 0 aliphatic heterocycles. The molecule has 3 aromatic heterocycles. The maximum atomic E-state index is 5.37. The molecule has 21 heavy (non-hydrogen) atoms. The second kappa shape index (κ2) is 6.11. The lowest BCUT2D eigenvalue weighted by Gasteiger charge is -2.07. The number of nitrogens with two attached hydrogens (primary N) is 1. The monoisotopic (exact) mass is 367 g/mol. The minimum Gasteiger partial charge on any atom is -0.349 e. The van der Waals surface area contributed by atoms with Gasteiger partial charge in [0.15, 0.2) is 0 Å². The van der Waals surface area contributed by atoms with Crippen LogP contribution < -0.4 is 16.6 Å². The molecule has 3 heterocycles. The molecule has 3 aromatic rings. The van der Waals surface area contributed by atoms with Gasteiger partial charge in [-0.05, 0) is 28.1 Å². The first-order valence-electron chi connectivity index (χ1n) is 5.80. The maximum Gasteiger partial charge on any atom is 0.258 e. The van der Waals surface area contributed by atoms with E-state index in [0.29, 0.717) is 18.4 Å². The van der Waals surface area contributed by atoms with Gasteiger partial charge in [-0.15, -0.1) is 11.3 Å². The normalized spacial score (nSPS) is 10.6. The lowest BCUT2D eigenvalue weighted by atomic mass is 10.5. The van der Waals surface area contributed by atoms with Crippen LogP contribution >= 0.6 is 27.3 Å². The van der Waals surface area contributed by atoms with Gasteiger partial charge in [0.25, 0.3) is 5.95 Å². The first-order valence-corrected chi connectivity index (χ1v) is 7.41. The van der Waals surface area contributed by atoms with Crippen molar-refractivity contribution in [2.24, 2.45) is 5.84 Å². The second-order valence-electron chi connectivity index (χ2n) is 3.83. The summed E-state index contributed by atoms with van der Waals surface area (Å²) in [5, 5.41) is 7.10. The van der Waals surface area contributed by atoms with Gasteiger partial charge in [-0.2, -0.15) is 24.7 Å². The van der Waals surface area contributed by atoms with Gasteiger partial charge < -0.3 is 5.32 Å². The van der Waals surface area contributed by atoms with Crippen LogP contribution in [0.2, 0.25) is 0 Å². The summed E-state index contributed by atoms with van der Waals surface area (Å²) in [4.78, 5) is 17.5. The van der Waals surface area contributed by atoms with E-state index < -0.39 is 0 Å². The Labute approximate surface area is 131 Å². The van der Waals surface area contributed by atoms with Crippen LogP contribution in [-0.2, 0) is 6.54 Å². The smallest absolute Gasteiger partial charge is 0.258 e. The quantitative estimate of drug-likeness (QED) is 0.454. The molecule has 0 spiro atoms. The Morgan fingerprint density at radius 1 is 1.24 bits per heavy atom. The molecule has 0 bridgehead atoms. The van der Waals surface area contributed by atoms with Crippen molar-refractivity contribution in [3.63, 3.8) is 0 Å². The fourth-order valence-electron chi connectivity index (χ4n) is 1.54. The summed E-state index contributed by atoms with van der Waals surface area (Å²) in [6.07, 6.45) is 2.89. The minimum absolute atomic E-state index is 0.241. The summed E-state index contributed by atoms with van der Waals surface area (Å²) >= 11 is 5.06. The molecule has 0 amide bonds. The van der Waals surface area contributed by atoms with Gasteiger partial charge in [0.05, 0.1) is 10.3 Å². The van der Waals surface area contributed by atoms with Crippen molar-refractivity contribution in [2.75, 3.05) is 10.7 Å². The lowest BCUT2D eigenvalue weighted by Crippen LogP contribution is -2.16. The third-order valence-electron chi connectivity index (χ3n) is 2.43. The van der Waals surface area contributed by atoms with Crippen LogP contribution in [-0.4, -0.2) is 29.7 Å². The van der Waals surface area contributed by atoms with E-state index >= 15 is 0 Å². The second-order valence-corrected chi connectivity index (χ2v) is 6.37. The van der Waals surface area contributed by atoms with Crippen molar-refractivity contribution in [3.05, 3.63) is 33.5 Å². The van der Waals surface area contributed by atoms with Gasteiger partial charge in [-0.1, -0.05) is 0 Å². The molecule has 0 unspecified atom stereocenters. The standard InChI is InChI=1S/C10H10BrN9S/c11-7-2-1-6(21-7)3-14-8-16-9(19-12)18-10(17-8)20-5-13-4-15-20/h1-2,4-5H,3,12H2,(H2,14,16,17,18,19). The molecule has 3 rings (SSSR count). The number of nitrogen functional groups attached to an aromatic ring is 1. The van der Waals surface area contributed by atoms with Gasteiger partial charge in [-0.3, -0.25) is 5.43 Å². The number of hydrogen-bond donors (Lipinski definition) is 3. The summed E-state index contributed by atoms with van der Waals surface area (Å²) in [5.74, 6) is 6.33. The largest absolute Gasteiger partial charge is 0.349 e. The Bertz CT molecular complexity index is 726. The average Bonchev–Trinajstić information content (AvgIpc) is 3.16. The molecule has 0 fully saturated rings. The van der Waals surface area contributed by atoms with Gasteiger partial charge in [0.2, 0.25) is 11.9 Å². The Morgan fingerprint density at radius 2 is 2.10 bits per heavy atom. The highest BCUT2D eigenvalue weighted by atomic mass is 79.9. The van der Waals surface area contributed by atoms with Crippen molar-refractivity contribution >= 4 is 39.2 Å². The van der Waals surface area contributed by atoms with E-state index in [-0.39, 0.29) is 5.95 Å². The number of nitrogens with one attached hydrogen (secondary N) is 2. The molecular formula is C10H10BrN9S. The van der Waals surface area contributed by atoms with E-state index in [1.165, 1.54) is 17.3 Å². The van der Waals surface area contributed by atoms with Crippen molar-refractivity contribution < 1.29 is 0 Å². The third-order valence-corrected chi connectivity index (χ3v) is 4.05. The Balaban J connectivity index is 1.82. The molecule has 0 aliphatic carbocycles. The topological polar surface area (TPSA) is 119 Å². The maximum absolute atomic E-state index is 5.37. The summed E-state index contributed by atoms with van der Waals surface area (Å²) in [7, 11) is 0. The van der Waals surface area contributed by atoms with Gasteiger partial charge in [0, 0.05) is 4.88 Å². The summed E-state index contributed by atoms with van der Waals surface area (Å²) < 4.78 is 2.50. The third kappa shape index (κ3) is 3.32. The average molecular weight is 368 g/mol. The number of anilines is 2. The Morgan fingerprint density at radius 3 is 2.76 bits per heavy atom. The molecule has 4 N–H and O–H groups in total. The predicted molar refractivity (Wildman–Crippen MR) is 81.9 cm³/mol. The number of hydrazine groups is 1. The van der Waals surface area contributed by atoms with Crippen LogP contribution in [0.1, 0.15) is 4.88 Å². The van der Waals surface area contributed by atoms with Crippen LogP contribution in [0.4, 0.5) is 11.9 Å². The van der Waals surface area contributed by atoms with Crippen LogP contribution in [0.15, 0.2) is 28.6 Å². The van der Waals surface area contributed by atoms with Crippen LogP contribution in [0.3, 0.4) is 0 Å². The number of thiophene rings is 1. The molecule has 0 radical (unpaired) electrons. The van der Waals surface area contributed by atoms with Gasteiger partial charge in [0.1, 0.15) is 12.7 Å².